The number of fused-ring (bicyclic) bond motifs is 3. The van der Waals surface area contributed by atoms with Crippen molar-refractivity contribution in [2.24, 2.45) is 0 Å². The van der Waals surface area contributed by atoms with Crippen molar-refractivity contribution in [3.63, 3.8) is 0 Å². The number of thiophene rings is 3. The summed E-state index contributed by atoms with van der Waals surface area (Å²) in [6.45, 7) is -5.93. The van der Waals surface area contributed by atoms with Crippen molar-refractivity contribution in [2.75, 3.05) is 55.2 Å². The third-order valence-electron chi connectivity index (χ3n) is 12.0. The molecule has 3 fully saturated rings. The first-order chi connectivity index (χ1) is 50.7. The molecule has 9 heterocycles. The third-order valence-corrected chi connectivity index (χ3v) is 15.3. The molecule has 0 saturated carbocycles. The number of hydrogen-bond acceptors (Lipinski definition) is 18. The van der Waals surface area contributed by atoms with E-state index in [1.807, 2.05) is 6.07 Å². The number of nitrogens with one attached hydrogen (secondary N) is 3. The van der Waals surface area contributed by atoms with Crippen molar-refractivity contribution in [1.82, 2.24) is 44.6 Å². The zero-order valence-corrected chi connectivity index (χ0v) is 47.8. The van der Waals surface area contributed by atoms with Gasteiger partial charge in [-0.2, -0.15) is 15.8 Å². The molecule has 0 spiro atoms. The van der Waals surface area contributed by atoms with E-state index in [2.05, 4.69) is 36.0 Å². The van der Waals surface area contributed by atoms with Gasteiger partial charge in [0.2, 0.25) is 0 Å². The van der Waals surface area contributed by atoms with Crippen LogP contribution in [0.25, 0.3) is 30.6 Å². The van der Waals surface area contributed by atoms with Gasteiger partial charge in [0.1, 0.15) is 66.9 Å². The van der Waals surface area contributed by atoms with Crippen molar-refractivity contribution < 1.29 is 42.9 Å². The molecule has 9 aromatic rings. The summed E-state index contributed by atoms with van der Waals surface area (Å²) >= 11 is 20.8. The molecule has 3 aromatic carbocycles. The number of hydrogen-bond donors (Lipinski definition) is 3. The fourth-order valence-corrected chi connectivity index (χ4v) is 10.8. The SMILES string of the molecule is [2H]c1nc(N([2H])C2([2H])C([2H])([2H])CN(C([2H])([2H])c3c([2H])c(C)c(F)c(C#N)c3[2H])CC2([2H])[2H])c2c([2H])c(Cl)sc2n1.[2H]c1nc(N([2H])C2([2H])C([2H])([2H])CN(C([2H])([2H])c3ccc(C)c(C#N)c3)CC2([2H])[2H])c2c([2H])c(Cl)sc2n1.[2H]c1nc(N([2H])C2([2H])CCN(C([2H])([2H])c3ccc(C)c(C#N)c3)CC2)c2c([2H])c(Cl)sc2n1. The van der Waals surface area contributed by atoms with Crippen LogP contribution >= 0.6 is 68.8 Å². The number of aryl methyl sites for hydroxylation is 2. The molecule has 15 nitrogen and oxygen atoms in total. The second-order valence-electron chi connectivity index (χ2n) is 17.7. The molecule has 3 saturated heterocycles. The van der Waals surface area contributed by atoms with E-state index in [0.29, 0.717) is 26.4 Å². The summed E-state index contributed by atoms with van der Waals surface area (Å²) in [4.78, 5) is 26.8. The zero-order chi connectivity index (χ0) is 82.2. The molecular formula is C60H59Cl3FN15S3. The van der Waals surface area contributed by atoms with Gasteiger partial charge in [0, 0.05) is 96.0 Å². The van der Waals surface area contributed by atoms with Gasteiger partial charge in [-0.3, -0.25) is 14.7 Å². The molecule has 0 aliphatic carbocycles. The number of benzene rings is 3. The molecular weight excluding hydrogens is 1150 g/mol. The maximum Gasteiger partial charge on any atom is 0.162 e. The molecule has 82 heavy (non-hydrogen) atoms. The number of piperidine rings is 3. The second-order valence-corrected chi connectivity index (χ2v) is 22.5. The van der Waals surface area contributed by atoms with Crippen LogP contribution in [0.5, 0.6) is 0 Å². The van der Waals surface area contributed by atoms with Crippen LogP contribution in [0.1, 0.15) is 123 Å². The number of rotatable bonds is 12. The highest BCUT2D eigenvalue weighted by Gasteiger charge is 2.25. The Labute approximate surface area is 542 Å². The Morgan fingerprint density at radius 3 is 1.34 bits per heavy atom. The van der Waals surface area contributed by atoms with Crippen LogP contribution in [0.4, 0.5) is 21.8 Å². The molecule has 3 aliphatic heterocycles. The van der Waals surface area contributed by atoms with Crippen molar-refractivity contribution in [1.29, 1.82) is 15.8 Å². The van der Waals surface area contributed by atoms with E-state index in [-0.39, 0.29) is 117 Å². The lowest BCUT2D eigenvalue weighted by Crippen LogP contribution is -2.38. The topological polar surface area (TPSA) is 195 Å². The van der Waals surface area contributed by atoms with Crippen LogP contribution in [0.3, 0.4) is 0 Å². The number of nitrogens with zero attached hydrogens (tertiary/aromatic N) is 12. The molecule has 3 aliphatic rings. The van der Waals surface area contributed by atoms with Gasteiger partial charge < -0.3 is 15.9 Å². The van der Waals surface area contributed by atoms with Gasteiger partial charge >= 0.3 is 0 Å². The van der Waals surface area contributed by atoms with E-state index >= 15 is 0 Å². The normalized spacial score (nSPS) is 24.8. The quantitative estimate of drug-likeness (QED) is 0.104. The summed E-state index contributed by atoms with van der Waals surface area (Å²) < 4.78 is 253. The lowest BCUT2D eigenvalue weighted by atomic mass is 10.0. The summed E-state index contributed by atoms with van der Waals surface area (Å²) in [6, 6.07) is 4.79. The van der Waals surface area contributed by atoms with Gasteiger partial charge in [0.15, 0.2) is 4.24 Å². The predicted octanol–water partition coefficient (Wildman–Crippen LogP) is 13.9. The Kier molecular flexibility index (Phi) is 10.9. The van der Waals surface area contributed by atoms with Crippen LogP contribution < -0.4 is 15.9 Å². The monoisotopic (exact) mass is 1240 g/mol. The minimum atomic E-state index is -3.15. The zero-order valence-electron chi connectivity index (χ0n) is 71.1. The predicted molar refractivity (Wildman–Crippen MR) is 331 cm³/mol. The largest absolute Gasteiger partial charge is 0.367 e. The first-order valence-corrected chi connectivity index (χ1v) is 27.9. The summed E-state index contributed by atoms with van der Waals surface area (Å²) in [6.07, 6.45) is -13.2. The maximum absolute atomic E-state index is 14.5. The molecule has 0 unspecified atom stereocenters. The van der Waals surface area contributed by atoms with Crippen LogP contribution in [0, 0.1) is 60.6 Å². The standard InChI is InChI=1S/C20H19ClFN5S.2C20H20ClN5S/c1-12-6-13(7-14(9-23)18(12)22)10-27-4-2-15(3-5-27)26-19-16-8-17(21)28-20(16)25-11-24-19;2*1-13-2-3-14(8-15(13)10-22)11-26-6-4-16(5-7-26)25-19-17-9-18(21)27-20(17)24-12-23-19/h6-8,11,15H,2-5,10H2,1H3,(H,24,25,26);2*2-3,8-9,12,16H,4-7,11H2,1H3,(H,23,24,25)/i2D2,3D2,6D,7D,8D,10D2,11D,15D;4D2,5D2,9D,11D2,12D,16D;9D,11D2,12D,16D/hD3. The van der Waals surface area contributed by atoms with E-state index in [9.17, 15) is 20.2 Å². The molecule has 0 bridgehead atoms. The minimum Gasteiger partial charge on any atom is -0.367 e. The van der Waals surface area contributed by atoms with Gasteiger partial charge in [-0.1, -0.05) is 65.1 Å². The van der Waals surface area contributed by atoms with Crippen LogP contribution in [-0.4, -0.2) is 102 Å². The summed E-state index contributed by atoms with van der Waals surface area (Å²) in [7, 11) is 0. The molecule has 12 rings (SSSR count). The Morgan fingerprint density at radius 1 is 0.561 bits per heavy atom. The number of halogens is 4. The lowest BCUT2D eigenvalue weighted by molar-refractivity contribution is 0.211. The molecule has 22 heteroatoms. The van der Waals surface area contributed by atoms with Crippen LogP contribution in [-0.2, 0) is 19.5 Å². The molecule has 3 N–H and O–H groups in total. The van der Waals surface area contributed by atoms with E-state index in [0.717, 1.165) is 56.7 Å². The Morgan fingerprint density at radius 2 is 0.939 bits per heavy atom. The second kappa shape index (κ2) is 27.2. The Hall–Kier alpha value is -6.67. The fraction of sp³-hybridized carbons (Fsp3) is 0.350. The number of anilines is 3. The van der Waals surface area contributed by atoms with Gasteiger partial charge in [0.25, 0.3) is 0 Å². The summed E-state index contributed by atoms with van der Waals surface area (Å²) in [5.41, 5.74) is 0.377. The van der Waals surface area contributed by atoms with Gasteiger partial charge in [-0.25, -0.2) is 34.3 Å². The smallest absolute Gasteiger partial charge is 0.162 e. The highest BCUT2D eigenvalue weighted by molar-refractivity contribution is 7.23. The van der Waals surface area contributed by atoms with Gasteiger partial charge in [0.05, 0.1) is 69.0 Å². The fourth-order valence-electron chi connectivity index (χ4n) is 7.90. The summed E-state index contributed by atoms with van der Waals surface area (Å²) in [5.74, 6) is -2.32. The highest BCUT2D eigenvalue weighted by Crippen LogP contribution is 2.35. The average molecular weight is 1240 g/mol. The van der Waals surface area contributed by atoms with Crippen molar-refractivity contribution in [3.8, 4) is 18.2 Å². The molecule has 6 aromatic heterocycles. The number of aromatic nitrogens is 6. The number of nitriles is 3. The van der Waals surface area contributed by atoms with Crippen molar-refractivity contribution >= 4 is 117 Å². The van der Waals surface area contributed by atoms with Crippen molar-refractivity contribution in [2.45, 2.75) is 96.6 Å². The van der Waals surface area contributed by atoms with E-state index in [4.69, 9.17) is 73.3 Å². The highest BCUT2D eigenvalue weighted by atomic mass is 35.5. The Balaban J connectivity index is 0.000000176. The first kappa shape index (κ1) is 33.0. The van der Waals surface area contributed by atoms with E-state index < -0.39 is 148 Å². The first-order valence-electron chi connectivity index (χ1n) is 38.2. The minimum absolute atomic E-state index is 0.00771. The maximum atomic E-state index is 14.5. The summed E-state index contributed by atoms with van der Waals surface area (Å²) in [5, 5.41) is 29.1. The molecule has 0 atom stereocenters. The lowest BCUT2D eigenvalue weighted by Gasteiger charge is -2.32. The molecule has 0 amide bonds. The average Bonchev–Trinajstić information content (AvgIpc) is 0.716. The van der Waals surface area contributed by atoms with Gasteiger partial charge in [-0.05, 0) is 129 Å². The molecule has 0 radical (unpaired) electrons. The van der Waals surface area contributed by atoms with E-state index in [1.54, 1.807) is 43.0 Å². The molecule has 420 valence electrons. The number of likely N-dealkylation sites (tertiary alicyclic amines) is 3. The Bertz CT molecular complexity index is 5290. The van der Waals surface area contributed by atoms with Crippen LogP contribution in [0.2, 0.25) is 17.2 Å². The van der Waals surface area contributed by atoms with E-state index in [1.165, 1.54) is 18.2 Å². The van der Waals surface area contributed by atoms with Gasteiger partial charge in [-0.15, -0.1) is 34.0 Å². The third kappa shape index (κ3) is 14.7. The van der Waals surface area contributed by atoms with Crippen LogP contribution in [0.15, 0.2) is 85.5 Å². The van der Waals surface area contributed by atoms with Crippen molar-refractivity contribution in [3.05, 3.63) is 154 Å².